The number of nitrogens with one attached hydrogen (secondary N) is 4. The smallest absolute Gasteiger partial charge is 0.293 e. The average molecular weight is 444 g/mol. The van der Waals surface area contributed by atoms with Gasteiger partial charge in [-0.15, -0.1) is 0 Å². The number of nitrogens with zero attached hydrogens (tertiary/aromatic N) is 2. The lowest BCUT2D eigenvalue weighted by molar-refractivity contribution is -0.384. The van der Waals surface area contributed by atoms with Crippen LogP contribution in [0.15, 0.2) is 73.1 Å². The van der Waals surface area contributed by atoms with Gasteiger partial charge in [-0.1, -0.05) is 24.3 Å². The molecule has 0 aliphatic heterocycles. The number of hydrazine groups is 1. The molecule has 166 valence electrons. The van der Waals surface area contributed by atoms with E-state index in [1.54, 1.807) is 30.6 Å². The van der Waals surface area contributed by atoms with Crippen LogP contribution in [0.5, 0.6) is 0 Å². The van der Waals surface area contributed by atoms with Crippen molar-refractivity contribution in [3.05, 3.63) is 100.0 Å². The van der Waals surface area contributed by atoms with Crippen LogP contribution in [0.3, 0.4) is 0 Å². The van der Waals surface area contributed by atoms with E-state index < -0.39 is 16.7 Å². The fourth-order valence-electron chi connectivity index (χ4n) is 3.40. The van der Waals surface area contributed by atoms with E-state index in [0.29, 0.717) is 16.6 Å². The van der Waals surface area contributed by atoms with Gasteiger partial charge in [-0.2, -0.15) is 0 Å². The molecule has 33 heavy (non-hydrogen) atoms. The summed E-state index contributed by atoms with van der Waals surface area (Å²) >= 11 is 0. The van der Waals surface area contributed by atoms with Crippen LogP contribution in [0.25, 0.3) is 10.9 Å². The van der Waals surface area contributed by atoms with E-state index in [4.69, 9.17) is 0 Å². The summed E-state index contributed by atoms with van der Waals surface area (Å²) in [5.41, 5.74) is 6.50. The summed E-state index contributed by atoms with van der Waals surface area (Å²) in [6.07, 6.45) is 3.18. The molecule has 2 amide bonds. The predicted molar refractivity (Wildman–Crippen MR) is 123 cm³/mol. The second-order valence-corrected chi connectivity index (χ2v) is 7.27. The van der Waals surface area contributed by atoms with Gasteiger partial charge in [0.2, 0.25) is 0 Å². The number of fused-ring (bicyclic) bond motifs is 1. The molecule has 2 aromatic heterocycles. The number of H-pyrrole nitrogens is 1. The Morgan fingerprint density at radius 1 is 1.03 bits per heavy atom. The predicted octanol–water partition coefficient (Wildman–Crippen LogP) is 3.72. The maximum atomic E-state index is 12.5. The number of amides is 2. The van der Waals surface area contributed by atoms with E-state index in [0.717, 1.165) is 11.6 Å². The number of para-hydroxylation sites is 1. The highest BCUT2D eigenvalue weighted by Gasteiger charge is 2.20. The van der Waals surface area contributed by atoms with Crippen LogP contribution in [0.2, 0.25) is 0 Å². The van der Waals surface area contributed by atoms with Crippen LogP contribution in [0.4, 0.5) is 11.4 Å². The quantitative estimate of drug-likeness (QED) is 0.264. The van der Waals surface area contributed by atoms with Crippen molar-refractivity contribution < 1.29 is 14.5 Å². The van der Waals surface area contributed by atoms with Gasteiger partial charge in [-0.05, 0) is 37.3 Å². The Bertz CT molecular complexity index is 1340. The molecule has 10 nitrogen and oxygen atoms in total. The van der Waals surface area contributed by atoms with Crippen molar-refractivity contribution >= 4 is 34.1 Å². The molecular formula is C23H20N6O4. The number of nitro benzene ring substituents is 1. The largest absolute Gasteiger partial charge is 0.371 e. The van der Waals surface area contributed by atoms with Crippen molar-refractivity contribution in [3.8, 4) is 0 Å². The summed E-state index contributed by atoms with van der Waals surface area (Å²) in [6.45, 7) is 1.83. The Morgan fingerprint density at radius 3 is 2.55 bits per heavy atom. The number of nitro groups is 1. The number of hydrogen-bond acceptors (Lipinski definition) is 6. The number of hydrogen-bond donors (Lipinski definition) is 4. The molecule has 0 radical (unpaired) electrons. The van der Waals surface area contributed by atoms with Crippen molar-refractivity contribution in [1.82, 2.24) is 20.8 Å². The first-order valence-electron chi connectivity index (χ1n) is 10.1. The zero-order valence-corrected chi connectivity index (χ0v) is 17.5. The topological polar surface area (TPSA) is 142 Å². The normalized spacial score (nSPS) is 11.5. The molecule has 0 spiro atoms. The first-order valence-corrected chi connectivity index (χ1v) is 10.1. The minimum atomic E-state index is -0.685. The van der Waals surface area contributed by atoms with Gasteiger partial charge in [0.05, 0.1) is 22.2 Å². The van der Waals surface area contributed by atoms with Gasteiger partial charge in [0, 0.05) is 34.9 Å². The molecule has 0 saturated heterocycles. The lowest BCUT2D eigenvalue weighted by atomic mass is 10.1. The Kier molecular flexibility index (Phi) is 5.98. The van der Waals surface area contributed by atoms with Crippen molar-refractivity contribution in [2.45, 2.75) is 13.0 Å². The number of rotatable bonds is 6. The minimum Gasteiger partial charge on any atom is -0.371 e. The minimum absolute atomic E-state index is 0.0250. The van der Waals surface area contributed by atoms with E-state index in [-0.39, 0.29) is 23.0 Å². The third kappa shape index (κ3) is 4.64. The molecule has 10 heteroatoms. The third-order valence-corrected chi connectivity index (χ3v) is 5.08. The third-order valence-electron chi connectivity index (χ3n) is 5.08. The van der Waals surface area contributed by atoms with E-state index in [1.807, 2.05) is 31.2 Å². The second-order valence-electron chi connectivity index (χ2n) is 7.27. The summed E-state index contributed by atoms with van der Waals surface area (Å²) in [7, 11) is 0. The first kappa shape index (κ1) is 21.5. The van der Waals surface area contributed by atoms with Crippen LogP contribution in [0.1, 0.15) is 39.4 Å². The molecule has 1 atom stereocenters. The van der Waals surface area contributed by atoms with Gasteiger partial charge >= 0.3 is 0 Å². The Hall–Kier alpha value is -4.73. The number of benzene rings is 2. The van der Waals surface area contributed by atoms with Crippen molar-refractivity contribution in [2.24, 2.45) is 0 Å². The summed E-state index contributed by atoms with van der Waals surface area (Å²) < 4.78 is 0. The Morgan fingerprint density at radius 2 is 1.79 bits per heavy atom. The average Bonchev–Trinajstić information content (AvgIpc) is 3.27. The summed E-state index contributed by atoms with van der Waals surface area (Å²) in [5, 5.41) is 15.4. The number of aromatic nitrogens is 2. The van der Waals surface area contributed by atoms with E-state index in [9.17, 15) is 19.7 Å². The van der Waals surface area contributed by atoms with Gasteiger partial charge in [0.1, 0.15) is 5.69 Å². The monoisotopic (exact) mass is 444 g/mol. The lowest BCUT2D eigenvalue weighted by Gasteiger charge is -2.15. The summed E-state index contributed by atoms with van der Waals surface area (Å²) in [4.78, 5) is 43.2. The van der Waals surface area contributed by atoms with Gasteiger partial charge in [0.25, 0.3) is 17.5 Å². The van der Waals surface area contributed by atoms with Crippen molar-refractivity contribution in [3.63, 3.8) is 0 Å². The van der Waals surface area contributed by atoms with Crippen LogP contribution in [0, 0.1) is 10.1 Å². The molecule has 0 aliphatic carbocycles. The fraction of sp³-hybridized carbons (Fsp3) is 0.0870. The van der Waals surface area contributed by atoms with Gasteiger partial charge in [-0.3, -0.25) is 35.5 Å². The zero-order valence-electron chi connectivity index (χ0n) is 17.5. The first-order chi connectivity index (χ1) is 15.9. The maximum absolute atomic E-state index is 12.5. The van der Waals surface area contributed by atoms with Gasteiger partial charge in [0.15, 0.2) is 0 Å². The molecule has 2 aromatic carbocycles. The van der Waals surface area contributed by atoms with Crippen molar-refractivity contribution in [1.29, 1.82) is 0 Å². The number of carbonyl (C=O) groups is 2. The van der Waals surface area contributed by atoms with Crippen molar-refractivity contribution in [2.75, 3.05) is 5.32 Å². The van der Waals surface area contributed by atoms with Crippen LogP contribution < -0.4 is 16.2 Å². The maximum Gasteiger partial charge on any atom is 0.293 e. The Balaban J connectivity index is 1.47. The molecule has 0 aliphatic rings. The molecule has 1 unspecified atom stereocenters. The summed E-state index contributed by atoms with van der Waals surface area (Å²) in [5.74, 6) is -1.20. The highest BCUT2D eigenvalue weighted by molar-refractivity contribution is 6.07. The van der Waals surface area contributed by atoms with E-state index >= 15 is 0 Å². The van der Waals surface area contributed by atoms with Crippen LogP contribution >= 0.6 is 0 Å². The molecule has 0 saturated carbocycles. The van der Waals surface area contributed by atoms with E-state index in [1.165, 1.54) is 12.1 Å². The lowest BCUT2D eigenvalue weighted by Crippen LogP contribution is -2.41. The fourth-order valence-corrected chi connectivity index (χ4v) is 3.40. The second kappa shape index (κ2) is 9.18. The van der Waals surface area contributed by atoms with Crippen LogP contribution in [-0.2, 0) is 0 Å². The Labute approximate surface area is 188 Å². The number of pyridine rings is 1. The van der Waals surface area contributed by atoms with Crippen LogP contribution in [-0.4, -0.2) is 26.7 Å². The molecule has 2 heterocycles. The highest BCUT2D eigenvalue weighted by Crippen LogP contribution is 2.29. The number of carbonyl (C=O) groups excluding carboxylic acids is 2. The molecule has 4 rings (SSSR count). The standard InChI is InChI=1S/C23H20N6O4/c1-14(18-7-4-5-11-24-18)26-20-10-9-15(12-21(20)29(32)33)22(30)27-28-23(31)17-13-25-19-8-3-2-6-16(17)19/h2-14,25-26H,1H3,(H,27,30)(H,28,31). The molecule has 4 aromatic rings. The van der Waals surface area contributed by atoms with Gasteiger partial charge in [-0.25, -0.2) is 0 Å². The molecule has 0 bridgehead atoms. The SMILES string of the molecule is CC(Nc1ccc(C(=O)NNC(=O)c2c[nH]c3ccccc23)cc1[N+](=O)[O-])c1ccccn1. The molecule has 4 N–H and O–H groups in total. The summed E-state index contributed by atoms with van der Waals surface area (Å²) in [6, 6.07) is 16.4. The molecule has 0 fully saturated rings. The van der Waals surface area contributed by atoms with Gasteiger partial charge < -0.3 is 10.3 Å². The number of anilines is 1. The number of aromatic amines is 1. The van der Waals surface area contributed by atoms with E-state index in [2.05, 4.69) is 26.1 Å². The molecular weight excluding hydrogens is 424 g/mol. The highest BCUT2D eigenvalue weighted by atomic mass is 16.6. The zero-order chi connectivity index (χ0) is 23.4.